The van der Waals surface area contributed by atoms with Gasteiger partial charge in [-0.1, -0.05) is 23.8 Å². The average Bonchev–Trinajstić information content (AvgIpc) is 2.66. The smallest absolute Gasteiger partial charge is 0.226 e. The fraction of sp³-hybridized carbons (Fsp3) is 0.214. The minimum atomic E-state index is -3.62. The first kappa shape index (κ1) is 15.2. The van der Waals surface area contributed by atoms with Crippen LogP contribution in [0, 0.1) is 17.5 Å². The monoisotopic (exact) mass is 402 g/mol. The molecule has 2 aromatic rings. The first-order valence-corrected chi connectivity index (χ1v) is 8.56. The third-order valence-corrected chi connectivity index (χ3v) is 5.63. The van der Waals surface area contributed by atoms with Gasteiger partial charge < -0.3 is 0 Å². The zero-order valence-electron chi connectivity index (χ0n) is 11.3. The van der Waals surface area contributed by atoms with E-state index in [0.717, 1.165) is 5.56 Å². The Bertz CT molecular complexity index is 746. The van der Waals surface area contributed by atoms with Crippen LogP contribution in [-0.2, 0) is 16.4 Å². The molecule has 2 rings (SSSR count). The summed E-state index contributed by atoms with van der Waals surface area (Å²) in [5.74, 6) is 0.465. The van der Waals surface area contributed by atoms with E-state index in [1.54, 1.807) is 37.3 Å². The molecule has 4 nitrogen and oxygen atoms in total. The van der Waals surface area contributed by atoms with Gasteiger partial charge in [0.2, 0.25) is 0 Å². The van der Waals surface area contributed by atoms with Gasteiger partial charge >= 0.3 is 0 Å². The second-order valence-corrected chi connectivity index (χ2v) is 7.28. The quantitative estimate of drug-likeness (QED) is 0.584. The van der Waals surface area contributed by atoms with Crippen LogP contribution >= 0.6 is 22.6 Å². The van der Waals surface area contributed by atoms with Crippen LogP contribution < -0.4 is 0 Å². The average molecular weight is 402 g/mol. The fourth-order valence-electron chi connectivity index (χ4n) is 1.97. The topological polar surface area (TPSA) is 52.0 Å². The van der Waals surface area contributed by atoms with Crippen LogP contribution in [0.15, 0.2) is 41.8 Å². The molecule has 0 amide bonds. The lowest BCUT2D eigenvalue weighted by atomic mass is 10.2. The Morgan fingerprint density at radius 2 is 1.90 bits per heavy atom. The van der Waals surface area contributed by atoms with Crippen molar-refractivity contribution in [1.29, 1.82) is 0 Å². The minimum absolute atomic E-state index is 0.269. The summed E-state index contributed by atoms with van der Waals surface area (Å²) in [5, 5.41) is 0. The van der Waals surface area contributed by atoms with E-state index in [2.05, 4.69) is 34.2 Å². The number of allylic oxidation sites excluding steroid dienone is 1. The Morgan fingerprint density at radius 3 is 2.45 bits per heavy atom. The zero-order valence-corrected chi connectivity index (χ0v) is 14.3. The molecule has 0 aliphatic rings. The second-order valence-electron chi connectivity index (χ2n) is 4.47. The molecule has 0 aliphatic heterocycles. The van der Waals surface area contributed by atoms with Gasteiger partial charge in [0.25, 0.3) is 10.0 Å². The van der Waals surface area contributed by atoms with Crippen LogP contribution in [0.1, 0.15) is 17.1 Å². The molecule has 0 atom stereocenters. The molecule has 0 saturated heterocycles. The van der Waals surface area contributed by atoms with Gasteiger partial charge in [-0.05, 0) is 48.6 Å². The molecule has 106 valence electrons. The highest BCUT2D eigenvalue weighted by molar-refractivity contribution is 14.1. The van der Waals surface area contributed by atoms with Gasteiger partial charge in [-0.15, -0.1) is 6.58 Å². The first-order valence-electron chi connectivity index (χ1n) is 6.04. The maximum Gasteiger partial charge on any atom is 0.269 e. The van der Waals surface area contributed by atoms with E-state index in [4.69, 9.17) is 0 Å². The summed E-state index contributed by atoms with van der Waals surface area (Å²) in [5.41, 5.74) is 1.67. The van der Waals surface area contributed by atoms with Crippen molar-refractivity contribution in [3.05, 3.63) is 57.7 Å². The van der Waals surface area contributed by atoms with E-state index in [1.165, 1.54) is 3.97 Å². The first-order chi connectivity index (χ1) is 9.37. The van der Waals surface area contributed by atoms with E-state index in [0.29, 0.717) is 21.6 Å². The largest absolute Gasteiger partial charge is 0.269 e. The van der Waals surface area contributed by atoms with Crippen molar-refractivity contribution in [2.24, 2.45) is 0 Å². The van der Waals surface area contributed by atoms with E-state index < -0.39 is 10.0 Å². The number of hydrogen-bond acceptors (Lipinski definition) is 3. The minimum Gasteiger partial charge on any atom is -0.226 e. The number of nitrogens with zero attached hydrogens (tertiary/aromatic N) is 2. The van der Waals surface area contributed by atoms with E-state index in [9.17, 15) is 8.42 Å². The molecule has 0 aliphatic carbocycles. The molecule has 1 aromatic heterocycles. The van der Waals surface area contributed by atoms with Crippen LogP contribution in [0.3, 0.4) is 0 Å². The van der Waals surface area contributed by atoms with Crippen molar-refractivity contribution < 1.29 is 8.42 Å². The van der Waals surface area contributed by atoms with Crippen LogP contribution in [0.2, 0.25) is 0 Å². The summed E-state index contributed by atoms with van der Waals surface area (Å²) < 4.78 is 27.5. The molecule has 0 N–H and O–H groups in total. The summed E-state index contributed by atoms with van der Waals surface area (Å²) in [6, 6.07) is 6.82. The molecule has 0 bridgehead atoms. The summed E-state index contributed by atoms with van der Waals surface area (Å²) in [4.78, 5) is 4.53. The molecule has 0 unspecified atom stereocenters. The Hall–Kier alpha value is -1.15. The highest BCUT2D eigenvalue weighted by Crippen LogP contribution is 2.22. The summed E-state index contributed by atoms with van der Waals surface area (Å²) in [6.45, 7) is 7.29. The fourth-order valence-corrected chi connectivity index (χ4v) is 4.47. The normalized spacial score (nSPS) is 11.6. The lowest BCUT2D eigenvalue weighted by molar-refractivity contribution is 0.584. The Kier molecular flexibility index (Phi) is 4.33. The second kappa shape index (κ2) is 5.69. The Morgan fingerprint density at radius 1 is 1.30 bits per heavy atom. The highest BCUT2D eigenvalue weighted by Gasteiger charge is 2.24. The van der Waals surface area contributed by atoms with Crippen LogP contribution in [0.5, 0.6) is 0 Å². The van der Waals surface area contributed by atoms with Crippen molar-refractivity contribution >= 4 is 32.6 Å². The number of aromatic nitrogens is 2. The highest BCUT2D eigenvalue weighted by atomic mass is 127. The van der Waals surface area contributed by atoms with Gasteiger partial charge in [-0.3, -0.25) is 0 Å². The third kappa shape index (κ3) is 2.67. The van der Waals surface area contributed by atoms with Gasteiger partial charge in [0, 0.05) is 6.42 Å². The van der Waals surface area contributed by atoms with E-state index in [-0.39, 0.29) is 4.90 Å². The number of rotatable bonds is 4. The Balaban J connectivity index is 2.66. The number of halogens is 1. The van der Waals surface area contributed by atoms with Crippen molar-refractivity contribution in [3.63, 3.8) is 0 Å². The maximum atomic E-state index is 12.8. The number of aryl methyl sites for hydroxylation is 2. The predicted molar refractivity (Wildman–Crippen MR) is 87.3 cm³/mol. The number of hydrogen-bond donors (Lipinski definition) is 0. The van der Waals surface area contributed by atoms with Gasteiger partial charge in [0.05, 0.1) is 10.6 Å². The van der Waals surface area contributed by atoms with Crippen molar-refractivity contribution in [2.75, 3.05) is 0 Å². The lowest BCUT2D eigenvalue weighted by Gasteiger charge is -2.11. The molecule has 1 aromatic carbocycles. The molecule has 20 heavy (non-hydrogen) atoms. The molecular formula is C14H15IN2O2S. The molecule has 0 radical (unpaired) electrons. The number of imidazole rings is 1. The SMILES string of the molecule is C=CCc1c(I)nc(C)n1S(=O)(=O)c1ccc(C)cc1. The zero-order chi connectivity index (χ0) is 14.9. The Labute approximate surface area is 132 Å². The lowest BCUT2D eigenvalue weighted by Crippen LogP contribution is -2.17. The number of benzene rings is 1. The van der Waals surface area contributed by atoms with E-state index in [1.807, 2.05) is 6.92 Å². The molecule has 0 spiro atoms. The molecule has 0 saturated carbocycles. The van der Waals surface area contributed by atoms with Crippen LogP contribution in [-0.4, -0.2) is 17.4 Å². The van der Waals surface area contributed by atoms with Gasteiger partial charge in [0.1, 0.15) is 9.53 Å². The van der Waals surface area contributed by atoms with E-state index >= 15 is 0 Å². The molecule has 6 heteroatoms. The van der Waals surface area contributed by atoms with Crippen molar-refractivity contribution in [3.8, 4) is 0 Å². The molecule has 0 fully saturated rings. The van der Waals surface area contributed by atoms with Crippen molar-refractivity contribution in [2.45, 2.75) is 25.2 Å². The predicted octanol–water partition coefficient (Wildman–Crippen LogP) is 3.07. The van der Waals surface area contributed by atoms with Crippen molar-refractivity contribution in [1.82, 2.24) is 8.96 Å². The summed E-state index contributed by atoms with van der Waals surface area (Å²) in [7, 11) is -3.62. The standard InChI is InChI=1S/C14H15IN2O2S/c1-4-5-13-14(15)16-11(3)17(13)20(18,19)12-8-6-10(2)7-9-12/h4,6-9H,1,5H2,2-3H3. The molecule has 1 heterocycles. The molecular weight excluding hydrogens is 387 g/mol. The summed E-state index contributed by atoms with van der Waals surface area (Å²) in [6.07, 6.45) is 2.14. The van der Waals surface area contributed by atoms with Gasteiger partial charge in [-0.2, -0.15) is 0 Å². The van der Waals surface area contributed by atoms with Gasteiger partial charge in [-0.25, -0.2) is 17.4 Å². The van der Waals surface area contributed by atoms with Crippen LogP contribution in [0.4, 0.5) is 0 Å². The summed E-state index contributed by atoms with van der Waals surface area (Å²) >= 11 is 2.05. The van der Waals surface area contributed by atoms with Crippen LogP contribution in [0.25, 0.3) is 0 Å². The maximum absolute atomic E-state index is 12.8. The van der Waals surface area contributed by atoms with Gasteiger partial charge in [0.15, 0.2) is 0 Å². The third-order valence-electron chi connectivity index (χ3n) is 2.93.